The molecule has 1 saturated heterocycles. The maximum Gasteiger partial charge on any atom is 0.257 e. The molecule has 0 radical (unpaired) electrons. The van der Waals surface area contributed by atoms with E-state index >= 15 is 0 Å². The third-order valence-electron chi connectivity index (χ3n) is 4.93. The van der Waals surface area contributed by atoms with Gasteiger partial charge >= 0.3 is 0 Å². The fourth-order valence-corrected chi connectivity index (χ4v) is 3.38. The van der Waals surface area contributed by atoms with Crippen molar-refractivity contribution in [3.63, 3.8) is 0 Å². The lowest BCUT2D eigenvalue weighted by molar-refractivity contribution is 0.0342. The van der Waals surface area contributed by atoms with Crippen molar-refractivity contribution in [3.8, 4) is 11.6 Å². The molecular formula is C24H25N3O3. The summed E-state index contributed by atoms with van der Waals surface area (Å²) in [5.41, 5.74) is 2.70. The summed E-state index contributed by atoms with van der Waals surface area (Å²) in [4.78, 5) is 19.4. The Labute approximate surface area is 176 Å². The number of aromatic nitrogens is 1. The predicted octanol–water partition coefficient (Wildman–Crippen LogP) is 3.64. The van der Waals surface area contributed by atoms with Crippen LogP contribution >= 0.6 is 0 Å². The summed E-state index contributed by atoms with van der Waals surface area (Å²) in [6.45, 7) is 4.80. The smallest absolute Gasteiger partial charge is 0.257 e. The van der Waals surface area contributed by atoms with Gasteiger partial charge in [0.05, 0.1) is 13.2 Å². The van der Waals surface area contributed by atoms with Gasteiger partial charge < -0.3 is 14.8 Å². The molecule has 0 unspecified atom stereocenters. The van der Waals surface area contributed by atoms with Crippen molar-refractivity contribution in [3.05, 3.63) is 89.6 Å². The van der Waals surface area contributed by atoms with Crippen molar-refractivity contribution in [2.75, 3.05) is 26.3 Å². The third kappa shape index (κ3) is 5.43. The standard InChI is InChI=1S/C24H25N3O3/c28-23(22-10-5-11-25-24(22)30-21-8-2-1-3-9-21)26-17-19-6-4-7-20(16-19)18-27-12-14-29-15-13-27/h1-11,16H,12-15,17-18H2,(H,26,28). The highest BCUT2D eigenvalue weighted by atomic mass is 16.5. The lowest BCUT2D eigenvalue weighted by Gasteiger charge is -2.26. The van der Waals surface area contributed by atoms with Gasteiger partial charge in [-0.1, -0.05) is 42.5 Å². The number of rotatable bonds is 7. The minimum atomic E-state index is -0.215. The van der Waals surface area contributed by atoms with Crippen LogP contribution in [-0.4, -0.2) is 42.1 Å². The summed E-state index contributed by atoms with van der Waals surface area (Å²) in [6.07, 6.45) is 1.62. The first-order valence-corrected chi connectivity index (χ1v) is 10.1. The van der Waals surface area contributed by atoms with E-state index in [0.717, 1.165) is 38.4 Å². The van der Waals surface area contributed by atoms with Crippen LogP contribution in [0.5, 0.6) is 11.6 Å². The first-order chi connectivity index (χ1) is 14.8. The Kier molecular flexibility index (Phi) is 6.69. The highest BCUT2D eigenvalue weighted by Gasteiger charge is 2.15. The van der Waals surface area contributed by atoms with Crippen LogP contribution in [0.3, 0.4) is 0 Å². The van der Waals surface area contributed by atoms with Gasteiger partial charge in [0.15, 0.2) is 0 Å². The highest BCUT2D eigenvalue weighted by Crippen LogP contribution is 2.22. The van der Waals surface area contributed by atoms with Crippen LogP contribution in [0, 0.1) is 0 Å². The second-order valence-corrected chi connectivity index (χ2v) is 7.16. The molecule has 1 aliphatic heterocycles. The van der Waals surface area contributed by atoms with Gasteiger partial charge in [-0.3, -0.25) is 9.69 Å². The molecule has 6 heteroatoms. The number of amides is 1. The summed E-state index contributed by atoms with van der Waals surface area (Å²) in [5, 5.41) is 2.98. The molecule has 1 fully saturated rings. The molecule has 3 aromatic rings. The number of carbonyl (C=O) groups excluding carboxylic acids is 1. The largest absolute Gasteiger partial charge is 0.438 e. The van der Waals surface area contributed by atoms with E-state index in [9.17, 15) is 4.79 Å². The number of carbonyl (C=O) groups is 1. The summed E-state index contributed by atoms with van der Waals surface area (Å²) < 4.78 is 11.2. The molecule has 1 aromatic heterocycles. The number of para-hydroxylation sites is 1. The van der Waals surface area contributed by atoms with E-state index in [1.54, 1.807) is 18.3 Å². The van der Waals surface area contributed by atoms with Crippen LogP contribution in [0.2, 0.25) is 0 Å². The molecule has 1 N–H and O–H groups in total. The Balaban J connectivity index is 1.38. The lowest BCUT2D eigenvalue weighted by Crippen LogP contribution is -2.35. The first kappa shape index (κ1) is 20.1. The van der Waals surface area contributed by atoms with Crippen molar-refractivity contribution in [2.45, 2.75) is 13.1 Å². The second-order valence-electron chi connectivity index (χ2n) is 7.16. The molecule has 154 valence electrons. The Morgan fingerprint density at radius 1 is 1.00 bits per heavy atom. The van der Waals surface area contributed by atoms with Crippen LogP contribution in [-0.2, 0) is 17.8 Å². The molecule has 1 aliphatic rings. The van der Waals surface area contributed by atoms with Crippen LogP contribution in [0.25, 0.3) is 0 Å². The summed E-state index contributed by atoms with van der Waals surface area (Å²) in [7, 11) is 0. The Morgan fingerprint density at radius 3 is 2.63 bits per heavy atom. The molecule has 0 bridgehead atoms. The Bertz CT molecular complexity index is 972. The van der Waals surface area contributed by atoms with Crippen molar-refractivity contribution < 1.29 is 14.3 Å². The molecular weight excluding hydrogens is 378 g/mol. The van der Waals surface area contributed by atoms with Crippen LogP contribution in [0.4, 0.5) is 0 Å². The van der Waals surface area contributed by atoms with Crippen molar-refractivity contribution >= 4 is 5.91 Å². The SMILES string of the molecule is O=C(NCc1cccc(CN2CCOCC2)c1)c1cccnc1Oc1ccccc1. The molecule has 0 spiro atoms. The average molecular weight is 403 g/mol. The number of nitrogens with zero attached hydrogens (tertiary/aromatic N) is 2. The van der Waals surface area contributed by atoms with Crippen molar-refractivity contribution in [1.82, 2.24) is 15.2 Å². The van der Waals surface area contributed by atoms with Gasteiger partial charge in [0.25, 0.3) is 5.91 Å². The molecule has 6 nitrogen and oxygen atoms in total. The second kappa shape index (κ2) is 10.0. The molecule has 2 heterocycles. The van der Waals surface area contributed by atoms with Gasteiger partial charge in [0.2, 0.25) is 5.88 Å². The Morgan fingerprint density at radius 2 is 1.80 bits per heavy atom. The number of benzene rings is 2. The fourth-order valence-electron chi connectivity index (χ4n) is 3.38. The van der Waals surface area contributed by atoms with Crippen LogP contribution < -0.4 is 10.1 Å². The van der Waals surface area contributed by atoms with Gasteiger partial charge in [0.1, 0.15) is 11.3 Å². The fraction of sp³-hybridized carbons (Fsp3) is 0.250. The zero-order valence-electron chi connectivity index (χ0n) is 16.8. The number of nitrogens with one attached hydrogen (secondary N) is 1. The van der Waals surface area contributed by atoms with Crippen LogP contribution in [0.1, 0.15) is 21.5 Å². The van der Waals surface area contributed by atoms with Gasteiger partial charge in [-0.25, -0.2) is 4.98 Å². The van der Waals surface area contributed by atoms with Gasteiger partial charge in [0, 0.05) is 32.4 Å². The molecule has 30 heavy (non-hydrogen) atoms. The average Bonchev–Trinajstić information content (AvgIpc) is 2.79. The zero-order valence-corrected chi connectivity index (χ0v) is 16.8. The number of hydrogen-bond acceptors (Lipinski definition) is 5. The van der Waals surface area contributed by atoms with Gasteiger partial charge in [-0.05, 0) is 35.4 Å². The molecule has 2 aromatic carbocycles. The molecule has 1 amide bonds. The normalized spacial score (nSPS) is 14.3. The van der Waals surface area contributed by atoms with E-state index in [0.29, 0.717) is 23.7 Å². The minimum Gasteiger partial charge on any atom is -0.438 e. The van der Waals surface area contributed by atoms with E-state index in [2.05, 4.69) is 27.3 Å². The number of ether oxygens (including phenoxy) is 2. The number of hydrogen-bond donors (Lipinski definition) is 1. The maximum absolute atomic E-state index is 12.8. The van der Waals surface area contributed by atoms with E-state index in [1.165, 1.54) is 5.56 Å². The minimum absolute atomic E-state index is 0.215. The Hall–Kier alpha value is -3.22. The maximum atomic E-state index is 12.8. The molecule has 4 rings (SSSR count). The van der Waals surface area contributed by atoms with E-state index < -0.39 is 0 Å². The molecule has 0 atom stereocenters. The molecule has 0 aliphatic carbocycles. The summed E-state index contributed by atoms with van der Waals surface area (Å²) in [5.74, 6) is 0.718. The topological polar surface area (TPSA) is 63.7 Å². The quantitative estimate of drug-likeness (QED) is 0.653. The van der Waals surface area contributed by atoms with E-state index in [4.69, 9.17) is 9.47 Å². The van der Waals surface area contributed by atoms with Crippen molar-refractivity contribution in [1.29, 1.82) is 0 Å². The van der Waals surface area contributed by atoms with Crippen LogP contribution in [0.15, 0.2) is 72.9 Å². The van der Waals surface area contributed by atoms with Gasteiger partial charge in [-0.15, -0.1) is 0 Å². The number of pyridine rings is 1. The van der Waals surface area contributed by atoms with E-state index in [1.807, 2.05) is 42.5 Å². The zero-order chi connectivity index (χ0) is 20.6. The monoisotopic (exact) mass is 403 g/mol. The highest BCUT2D eigenvalue weighted by molar-refractivity contribution is 5.96. The van der Waals surface area contributed by atoms with Gasteiger partial charge in [-0.2, -0.15) is 0 Å². The number of morpholine rings is 1. The van der Waals surface area contributed by atoms with Crippen molar-refractivity contribution in [2.24, 2.45) is 0 Å². The lowest BCUT2D eigenvalue weighted by atomic mass is 10.1. The molecule has 0 saturated carbocycles. The third-order valence-corrected chi connectivity index (χ3v) is 4.93. The van der Waals surface area contributed by atoms with E-state index in [-0.39, 0.29) is 5.91 Å². The summed E-state index contributed by atoms with van der Waals surface area (Å²) >= 11 is 0. The predicted molar refractivity (Wildman–Crippen MR) is 114 cm³/mol. The first-order valence-electron chi connectivity index (χ1n) is 10.1. The summed E-state index contributed by atoms with van der Waals surface area (Å²) in [6, 6.07) is 21.1.